The van der Waals surface area contributed by atoms with E-state index in [9.17, 15) is 23.1 Å². The third kappa shape index (κ3) is 6.85. The van der Waals surface area contributed by atoms with Crippen LogP contribution in [0.3, 0.4) is 0 Å². The van der Waals surface area contributed by atoms with Crippen LogP contribution in [0.4, 0.5) is 13.2 Å². The predicted octanol–water partition coefficient (Wildman–Crippen LogP) is 3.41. The Kier molecular flexibility index (Phi) is 8.43. The van der Waals surface area contributed by atoms with Gasteiger partial charge in [0.15, 0.2) is 6.67 Å². The number of hydrogen-bond donors (Lipinski definition) is 3. The first-order valence-electron chi connectivity index (χ1n) is 9.97. The zero-order chi connectivity index (χ0) is 22.3. The molecule has 2 rings (SSSR count). The summed E-state index contributed by atoms with van der Waals surface area (Å²) in [6.07, 6.45) is -0.260. The molecule has 4 nitrogen and oxygen atoms in total. The summed E-state index contributed by atoms with van der Waals surface area (Å²) in [6.45, 7) is 4.83. The van der Waals surface area contributed by atoms with Gasteiger partial charge in [-0.2, -0.15) is 0 Å². The number of alkyl halides is 1. The molecule has 0 spiro atoms. The van der Waals surface area contributed by atoms with Crippen LogP contribution in [0.1, 0.15) is 37.5 Å². The Labute approximate surface area is 175 Å². The van der Waals surface area contributed by atoms with Gasteiger partial charge in [0.05, 0.1) is 12.1 Å². The second-order valence-electron chi connectivity index (χ2n) is 7.92. The number of amides is 1. The van der Waals surface area contributed by atoms with Crippen LogP contribution in [0, 0.1) is 11.6 Å². The Morgan fingerprint density at radius 3 is 2.37 bits per heavy atom. The number of nitrogens with one attached hydrogen (secondary N) is 2. The Morgan fingerprint density at radius 1 is 1.10 bits per heavy atom. The SMILES string of the molecule is CCc1cccc(C(C)(C)NC[C@H](O)[C@H](Cc2cc(F)cc(F)c2)NC(=O)CF)c1. The van der Waals surface area contributed by atoms with Gasteiger partial charge in [0.2, 0.25) is 0 Å². The number of hydrogen-bond acceptors (Lipinski definition) is 3. The van der Waals surface area contributed by atoms with Crippen LogP contribution in [0.25, 0.3) is 0 Å². The first kappa shape index (κ1) is 23.9. The fraction of sp³-hybridized carbons (Fsp3) is 0.435. The zero-order valence-electron chi connectivity index (χ0n) is 17.5. The van der Waals surface area contributed by atoms with Gasteiger partial charge in [0.25, 0.3) is 5.91 Å². The van der Waals surface area contributed by atoms with E-state index in [-0.39, 0.29) is 18.5 Å². The largest absolute Gasteiger partial charge is 0.390 e. The van der Waals surface area contributed by atoms with Crippen molar-refractivity contribution in [3.8, 4) is 0 Å². The number of halogens is 3. The molecule has 0 aliphatic carbocycles. The van der Waals surface area contributed by atoms with E-state index in [2.05, 4.69) is 23.6 Å². The molecule has 0 heterocycles. The number of aryl methyl sites for hydroxylation is 1. The molecule has 2 aromatic carbocycles. The van der Waals surface area contributed by atoms with Crippen molar-refractivity contribution in [3.05, 3.63) is 70.8 Å². The van der Waals surface area contributed by atoms with Crippen molar-refractivity contribution in [1.29, 1.82) is 0 Å². The second-order valence-corrected chi connectivity index (χ2v) is 7.92. The standard InChI is InChI=1S/C23H29F3N2O2/c1-4-15-6-5-7-17(8-15)23(2,3)27-14-21(29)20(28-22(30)13-24)11-16-9-18(25)12-19(26)10-16/h5-10,12,20-21,27,29H,4,11,13-14H2,1-3H3,(H,28,30)/t20-,21-/m0/s1. The molecular formula is C23H29F3N2O2. The molecule has 164 valence electrons. The van der Waals surface area contributed by atoms with Crippen molar-refractivity contribution in [2.75, 3.05) is 13.2 Å². The topological polar surface area (TPSA) is 61.4 Å². The number of rotatable bonds is 10. The Morgan fingerprint density at radius 2 is 1.77 bits per heavy atom. The van der Waals surface area contributed by atoms with Crippen LogP contribution in [-0.2, 0) is 23.2 Å². The van der Waals surface area contributed by atoms with Gasteiger partial charge in [-0.05, 0) is 55.5 Å². The molecule has 0 bridgehead atoms. The molecule has 0 aliphatic rings. The highest BCUT2D eigenvalue weighted by Crippen LogP contribution is 2.21. The van der Waals surface area contributed by atoms with Crippen molar-refractivity contribution >= 4 is 5.91 Å². The van der Waals surface area contributed by atoms with Gasteiger partial charge in [0, 0.05) is 18.2 Å². The fourth-order valence-corrected chi connectivity index (χ4v) is 3.30. The van der Waals surface area contributed by atoms with E-state index in [0.29, 0.717) is 0 Å². The third-order valence-corrected chi connectivity index (χ3v) is 5.12. The molecule has 7 heteroatoms. The van der Waals surface area contributed by atoms with E-state index < -0.39 is 41.9 Å². The first-order chi connectivity index (χ1) is 14.1. The van der Waals surface area contributed by atoms with E-state index in [0.717, 1.165) is 30.2 Å². The van der Waals surface area contributed by atoms with Gasteiger partial charge in [-0.25, -0.2) is 13.2 Å². The molecule has 0 saturated heterocycles. The van der Waals surface area contributed by atoms with Gasteiger partial charge in [0.1, 0.15) is 11.6 Å². The summed E-state index contributed by atoms with van der Waals surface area (Å²) in [6, 6.07) is 10.1. The quantitative estimate of drug-likeness (QED) is 0.550. The first-order valence-corrected chi connectivity index (χ1v) is 9.97. The average Bonchev–Trinajstić information content (AvgIpc) is 2.70. The summed E-state index contributed by atoms with van der Waals surface area (Å²) in [7, 11) is 0. The van der Waals surface area contributed by atoms with Gasteiger partial charge in [-0.3, -0.25) is 4.79 Å². The van der Waals surface area contributed by atoms with Crippen LogP contribution in [0.2, 0.25) is 0 Å². The summed E-state index contributed by atoms with van der Waals surface area (Å²) < 4.78 is 39.7. The van der Waals surface area contributed by atoms with Crippen LogP contribution in [0.15, 0.2) is 42.5 Å². The van der Waals surface area contributed by atoms with Gasteiger partial charge in [-0.1, -0.05) is 31.2 Å². The minimum absolute atomic E-state index is 0.0466. The molecule has 0 saturated carbocycles. The molecule has 2 aromatic rings. The highest BCUT2D eigenvalue weighted by molar-refractivity contribution is 5.77. The molecular weight excluding hydrogens is 393 g/mol. The highest BCUT2D eigenvalue weighted by Gasteiger charge is 2.26. The third-order valence-electron chi connectivity index (χ3n) is 5.12. The molecule has 3 N–H and O–H groups in total. The molecule has 1 amide bonds. The van der Waals surface area contributed by atoms with Crippen molar-refractivity contribution in [3.63, 3.8) is 0 Å². The lowest BCUT2D eigenvalue weighted by Crippen LogP contribution is -2.51. The van der Waals surface area contributed by atoms with Crippen molar-refractivity contribution in [1.82, 2.24) is 10.6 Å². The van der Waals surface area contributed by atoms with E-state index >= 15 is 0 Å². The Hall–Kier alpha value is -2.38. The monoisotopic (exact) mass is 422 g/mol. The van der Waals surface area contributed by atoms with Crippen LogP contribution in [0.5, 0.6) is 0 Å². The number of aliphatic hydroxyl groups excluding tert-OH is 1. The average molecular weight is 422 g/mol. The van der Waals surface area contributed by atoms with Gasteiger partial charge < -0.3 is 15.7 Å². The maximum atomic E-state index is 13.5. The molecule has 30 heavy (non-hydrogen) atoms. The normalized spacial score (nSPS) is 13.7. The summed E-state index contributed by atoms with van der Waals surface area (Å²) in [5.74, 6) is -2.42. The maximum Gasteiger partial charge on any atom is 0.251 e. The van der Waals surface area contributed by atoms with Gasteiger partial charge in [-0.15, -0.1) is 0 Å². The molecule has 2 atom stereocenters. The van der Waals surface area contributed by atoms with E-state index in [1.54, 1.807) is 0 Å². The predicted molar refractivity (Wildman–Crippen MR) is 111 cm³/mol. The van der Waals surface area contributed by atoms with Crippen molar-refractivity contribution in [2.24, 2.45) is 0 Å². The van der Waals surface area contributed by atoms with E-state index in [1.165, 1.54) is 5.56 Å². The minimum atomic E-state index is -1.25. The summed E-state index contributed by atoms with van der Waals surface area (Å²) in [5.41, 5.74) is 1.99. The minimum Gasteiger partial charge on any atom is -0.390 e. The lowest BCUT2D eigenvalue weighted by molar-refractivity contribution is -0.123. The zero-order valence-corrected chi connectivity index (χ0v) is 17.5. The van der Waals surface area contributed by atoms with Crippen LogP contribution >= 0.6 is 0 Å². The van der Waals surface area contributed by atoms with E-state index in [1.807, 2.05) is 32.0 Å². The van der Waals surface area contributed by atoms with Gasteiger partial charge >= 0.3 is 0 Å². The number of benzene rings is 2. The Bertz CT molecular complexity index is 838. The lowest BCUT2D eigenvalue weighted by Gasteiger charge is -2.31. The van der Waals surface area contributed by atoms with Crippen molar-refractivity contribution in [2.45, 2.75) is 51.3 Å². The summed E-state index contributed by atoms with van der Waals surface area (Å²) in [5, 5.41) is 16.3. The number of aliphatic hydroxyl groups is 1. The number of carbonyl (C=O) groups excluding carboxylic acids is 1. The molecule has 0 fully saturated rings. The molecule has 0 aliphatic heterocycles. The molecule has 0 aromatic heterocycles. The van der Waals surface area contributed by atoms with E-state index in [4.69, 9.17) is 0 Å². The molecule has 0 unspecified atom stereocenters. The lowest BCUT2D eigenvalue weighted by atomic mass is 9.91. The van der Waals surface area contributed by atoms with Crippen molar-refractivity contribution < 1.29 is 23.1 Å². The van der Waals surface area contributed by atoms with Crippen LogP contribution < -0.4 is 10.6 Å². The second kappa shape index (κ2) is 10.6. The Balaban J connectivity index is 2.12. The number of carbonyl (C=O) groups is 1. The highest BCUT2D eigenvalue weighted by atomic mass is 19.1. The fourth-order valence-electron chi connectivity index (χ4n) is 3.30. The summed E-state index contributed by atoms with van der Waals surface area (Å²) >= 11 is 0. The maximum absolute atomic E-state index is 13.5. The molecule has 0 radical (unpaired) electrons. The summed E-state index contributed by atoms with van der Waals surface area (Å²) in [4.78, 5) is 11.6. The van der Waals surface area contributed by atoms with Crippen LogP contribution in [-0.4, -0.2) is 36.4 Å². The smallest absolute Gasteiger partial charge is 0.251 e.